The van der Waals surface area contributed by atoms with Gasteiger partial charge in [-0.15, -0.1) is 0 Å². The second-order valence-electron chi connectivity index (χ2n) is 6.87. The van der Waals surface area contributed by atoms with E-state index in [2.05, 4.69) is 10.6 Å². The highest BCUT2D eigenvalue weighted by molar-refractivity contribution is 5.94. The van der Waals surface area contributed by atoms with Crippen LogP contribution in [0.5, 0.6) is 11.5 Å². The average Bonchev–Trinajstić information content (AvgIpc) is 2.72. The van der Waals surface area contributed by atoms with Crippen molar-refractivity contribution in [3.63, 3.8) is 0 Å². The quantitative estimate of drug-likeness (QED) is 0.533. The van der Waals surface area contributed by atoms with Gasteiger partial charge in [0.2, 0.25) is 5.91 Å². The summed E-state index contributed by atoms with van der Waals surface area (Å²) in [4.78, 5) is 12.4. The van der Waals surface area contributed by atoms with Crippen LogP contribution < -0.4 is 20.1 Å². The number of hydrogen-bond donors (Lipinski definition) is 2. The minimum atomic E-state index is -0.149. The Balaban J connectivity index is 1.55. The highest BCUT2D eigenvalue weighted by Gasteiger charge is 2.07. The molecule has 0 aliphatic carbocycles. The van der Waals surface area contributed by atoms with Crippen molar-refractivity contribution in [3.05, 3.63) is 84.4 Å². The lowest BCUT2D eigenvalue weighted by Gasteiger charge is -2.14. The van der Waals surface area contributed by atoms with Crippen molar-refractivity contribution in [2.75, 3.05) is 17.2 Å². The van der Waals surface area contributed by atoms with Crippen molar-refractivity contribution < 1.29 is 14.3 Å². The molecule has 3 rings (SSSR count). The Kier molecular flexibility index (Phi) is 7.11. The van der Waals surface area contributed by atoms with E-state index >= 15 is 0 Å². The van der Waals surface area contributed by atoms with E-state index in [1.807, 2.05) is 92.7 Å². The maximum absolute atomic E-state index is 12.4. The smallest absolute Gasteiger partial charge is 0.243 e. The lowest BCUT2D eigenvalue weighted by molar-refractivity contribution is -0.114. The van der Waals surface area contributed by atoms with Gasteiger partial charge in [-0.1, -0.05) is 48.5 Å². The summed E-state index contributed by atoms with van der Waals surface area (Å²) >= 11 is 0. The molecule has 0 radical (unpaired) electrons. The number of ether oxygens (including phenoxy) is 2. The minimum absolute atomic E-state index is 0.0787. The SMILES string of the molecule is CC(C)Oc1cccc(NC(=O)CNc2ccccc2OCc2ccccc2)c1. The molecule has 3 aromatic carbocycles. The summed E-state index contributed by atoms with van der Waals surface area (Å²) in [6.45, 7) is 4.52. The van der Waals surface area contributed by atoms with Crippen molar-refractivity contribution in [2.24, 2.45) is 0 Å². The summed E-state index contributed by atoms with van der Waals surface area (Å²) in [6, 6.07) is 24.9. The number of para-hydroxylation sites is 2. The van der Waals surface area contributed by atoms with Gasteiger partial charge in [-0.3, -0.25) is 4.79 Å². The van der Waals surface area contributed by atoms with E-state index in [9.17, 15) is 4.79 Å². The first-order valence-electron chi connectivity index (χ1n) is 9.66. The van der Waals surface area contributed by atoms with Crippen LogP contribution in [0.2, 0.25) is 0 Å². The molecule has 0 aliphatic heterocycles. The van der Waals surface area contributed by atoms with Gasteiger partial charge in [0.25, 0.3) is 0 Å². The summed E-state index contributed by atoms with van der Waals surface area (Å²) in [5, 5.41) is 6.03. The third-order valence-electron chi connectivity index (χ3n) is 4.05. The Labute approximate surface area is 171 Å². The number of carbonyl (C=O) groups is 1. The summed E-state index contributed by atoms with van der Waals surface area (Å²) in [5.74, 6) is 1.28. The van der Waals surface area contributed by atoms with Crippen LogP contribution in [0.25, 0.3) is 0 Å². The normalized spacial score (nSPS) is 10.4. The van der Waals surface area contributed by atoms with Gasteiger partial charge < -0.3 is 20.1 Å². The lowest BCUT2D eigenvalue weighted by atomic mass is 10.2. The minimum Gasteiger partial charge on any atom is -0.491 e. The van der Waals surface area contributed by atoms with Crippen LogP contribution in [0.15, 0.2) is 78.9 Å². The van der Waals surface area contributed by atoms with Gasteiger partial charge in [0.05, 0.1) is 18.3 Å². The zero-order chi connectivity index (χ0) is 20.5. The van der Waals surface area contributed by atoms with E-state index < -0.39 is 0 Å². The second-order valence-corrected chi connectivity index (χ2v) is 6.87. The molecule has 0 heterocycles. The molecule has 0 bridgehead atoms. The first-order chi connectivity index (χ1) is 14.1. The molecule has 0 saturated heterocycles. The summed E-state index contributed by atoms with van der Waals surface area (Å²) in [6.07, 6.45) is 0.0787. The van der Waals surface area contributed by atoms with Crippen LogP contribution in [0.3, 0.4) is 0 Å². The molecule has 0 unspecified atom stereocenters. The first-order valence-corrected chi connectivity index (χ1v) is 9.66. The van der Waals surface area contributed by atoms with E-state index in [1.54, 1.807) is 0 Å². The number of hydrogen-bond acceptors (Lipinski definition) is 4. The molecule has 0 spiro atoms. The molecular formula is C24H26N2O3. The molecule has 1 amide bonds. The largest absolute Gasteiger partial charge is 0.491 e. The van der Waals surface area contributed by atoms with Crippen LogP contribution >= 0.6 is 0 Å². The number of amides is 1. The number of nitrogens with one attached hydrogen (secondary N) is 2. The number of carbonyl (C=O) groups excluding carboxylic acids is 1. The molecule has 150 valence electrons. The molecule has 3 aromatic rings. The Bertz CT molecular complexity index is 926. The average molecular weight is 390 g/mol. The molecule has 0 atom stereocenters. The fourth-order valence-corrected chi connectivity index (χ4v) is 2.77. The van der Waals surface area contributed by atoms with Crippen molar-refractivity contribution >= 4 is 17.3 Å². The maximum Gasteiger partial charge on any atom is 0.243 e. The third-order valence-corrected chi connectivity index (χ3v) is 4.05. The van der Waals surface area contributed by atoms with E-state index in [1.165, 1.54) is 0 Å². The van der Waals surface area contributed by atoms with Crippen molar-refractivity contribution in [3.8, 4) is 11.5 Å². The lowest BCUT2D eigenvalue weighted by Crippen LogP contribution is -2.22. The van der Waals surface area contributed by atoms with Crippen LogP contribution in [0.1, 0.15) is 19.4 Å². The van der Waals surface area contributed by atoms with Gasteiger partial charge in [0.1, 0.15) is 18.1 Å². The number of rotatable bonds is 9. The predicted octanol–water partition coefficient (Wildman–Crippen LogP) is 5.10. The Morgan fingerprint density at radius 1 is 0.931 bits per heavy atom. The summed E-state index contributed by atoms with van der Waals surface area (Å²) in [7, 11) is 0. The maximum atomic E-state index is 12.4. The number of anilines is 2. The third kappa shape index (κ3) is 6.57. The molecular weight excluding hydrogens is 364 g/mol. The van der Waals surface area contributed by atoms with Crippen LogP contribution in [-0.2, 0) is 11.4 Å². The molecule has 0 aromatic heterocycles. The molecule has 2 N–H and O–H groups in total. The van der Waals surface area contributed by atoms with E-state index in [0.29, 0.717) is 18.0 Å². The molecule has 0 saturated carbocycles. The predicted molar refractivity (Wildman–Crippen MR) is 117 cm³/mol. The van der Waals surface area contributed by atoms with Gasteiger partial charge in [-0.05, 0) is 43.7 Å². The fraction of sp³-hybridized carbons (Fsp3) is 0.208. The van der Waals surface area contributed by atoms with E-state index in [4.69, 9.17) is 9.47 Å². The van der Waals surface area contributed by atoms with Crippen LogP contribution in [-0.4, -0.2) is 18.6 Å². The monoisotopic (exact) mass is 390 g/mol. The number of benzene rings is 3. The van der Waals surface area contributed by atoms with Crippen molar-refractivity contribution in [1.29, 1.82) is 0 Å². The van der Waals surface area contributed by atoms with E-state index in [-0.39, 0.29) is 18.6 Å². The standard InChI is InChI=1S/C24H26N2O3/c1-18(2)29-21-12-8-11-20(15-21)26-24(27)16-25-22-13-6-7-14-23(22)28-17-19-9-4-3-5-10-19/h3-15,18,25H,16-17H2,1-2H3,(H,26,27). The van der Waals surface area contributed by atoms with E-state index in [0.717, 1.165) is 17.0 Å². The van der Waals surface area contributed by atoms with Crippen molar-refractivity contribution in [2.45, 2.75) is 26.6 Å². The molecule has 5 nitrogen and oxygen atoms in total. The van der Waals surface area contributed by atoms with Crippen LogP contribution in [0.4, 0.5) is 11.4 Å². The Hall–Kier alpha value is -3.47. The molecule has 5 heteroatoms. The first kappa shape index (κ1) is 20.3. The van der Waals surface area contributed by atoms with Gasteiger partial charge in [-0.25, -0.2) is 0 Å². The topological polar surface area (TPSA) is 59.6 Å². The highest BCUT2D eigenvalue weighted by atomic mass is 16.5. The highest BCUT2D eigenvalue weighted by Crippen LogP contribution is 2.25. The zero-order valence-electron chi connectivity index (χ0n) is 16.7. The Morgan fingerprint density at radius 2 is 1.69 bits per heavy atom. The molecule has 29 heavy (non-hydrogen) atoms. The van der Waals surface area contributed by atoms with Gasteiger partial charge in [0, 0.05) is 11.8 Å². The zero-order valence-corrected chi connectivity index (χ0v) is 16.7. The Morgan fingerprint density at radius 3 is 2.48 bits per heavy atom. The van der Waals surface area contributed by atoms with Crippen LogP contribution in [0, 0.1) is 0 Å². The summed E-state index contributed by atoms with van der Waals surface area (Å²) in [5.41, 5.74) is 2.56. The van der Waals surface area contributed by atoms with Gasteiger partial charge >= 0.3 is 0 Å². The molecule has 0 aliphatic rings. The van der Waals surface area contributed by atoms with Crippen molar-refractivity contribution in [1.82, 2.24) is 0 Å². The van der Waals surface area contributed by atoms with Gasteiger partial charge in [0.15, 0.2) is 0 Å². The second kappa shape index (κ2) is 10.2. The fourth-order valence-electron chi connectivity index (χ4n) is 2.77. The summed E-state index contributed by atoms with van der Waals surface area (Å²) < 4.78 is 11.6. The van der Waals surface area contributed by atoms with Gasteiger partial charge in [-0.2, -0.15) is 0 Å². The molecule has 0 fully saturated rings.